The van der Waals surface area contributed by atoms with Crippen molar-refractivity contribution in [2.45, 2.75) is 32.2 Å². The Morgan fingerprint density at radius 3 is 2.46 bits per heavy atom. The van der Waals surface area contributed by atoms with E-state index in [1.807, 2.05) is 0 Å². The molecule has 130 valence electrons. The molecule has 1 aromatic heterocycles. The van der Waals surface area contributed by atoms with Crippen molar-refractivity contribution < 1.29 is 14.7 Å². The molecule has 3 rings (SSSR count). The number of likely N-dealkylation sites (tertiary alicyclic amines) is 1. The molecule has 1 amide bonds. The van der Waals surface area contributed by atoms with Crippen LogP contribution < -0.4 is 16.4 Å². The van der Waals surface area contributed by atoms with E-state index < -0.39 is 12.0 Å². The van der Waals surface area contributed by atoms with E-state index in [-0.39, 0.29) is 17.3 Å². The number of hydrogen-bond acceptors (Lipinski definition) is 7. The summed E-state index contributed by atoms with van der Waals surface area (Å²) in [5.74, 6) is 0.0390. The molecule has 2 fully saturated rings. The second kappa shape index (κ2) is 5.81. The first kappa shape index (κ1) is 16.3. The minimum Gasteiger partial charge on any atom is -0.480 e. The third-order valence-electron chi connectivity index (χ3n) is 5.10. The zero-order chi connectivity index (χ0) is 17.5. The molecule has 24 heavy (non-hydrogen) atoms. The summed E-state index contributed by atoms with van der Waals surface area (Å²) in [5, 5.41) is 9.39. The molecule has 9 heteroatoms. The minimum absolute atomic E-state index is 0.139. The van der Waals surface area contributed by atoms with Crippen molar-refractivity contribution in [1.82, 2.24) is 14.9 Å². The highest BCUT2D eigenvalue weighted by atomic mass is 16.4. The van der Waals surface area contributed by atoms with E-state index in [1.54, 1.807) is 6.07 Å². The van der Waals surface area contributed by atoms with Gasteiger partial charge in [-0.05, 0) is 24.7 Å². The maximum absolute atomic E-state index is 11.8. The van der Waals surface area contributed by atoms with Gasteiger partial charge in [0.15, 0.2) is 0 Å². The minimum atomic E-state index is -0.930. The molecule has 0 aromatic carbocycles. The maximum Gasteiger partial charge on any atom is 0.326 e. The normalized spacial score (nSPS) is 22.8. The fourth-order valence-electron chi connectivity index (χ4n) is 3.81. The Morgan fingerprint density at radius 2 is 1.96 bits per heavy atom. The van der Waals surface area contributed by atoms with E-state index in [4.69, 9.17) is 11.5 Å². The molecule has 0 aliphatic carbocycles. The van der Waals surface area contributed by atoms with Gasteiger partial charge < -0.3 is 26.4 Å². The number of nitrogens with two attached hydrogens (primary N) is 2. The third-order valence-corrected chi connectivity index (χ3v) is 5.10. The van der Waals surface area contributed by atoms with Crippen molar-refractivity contribution in [3.63, 3.8) is 0 Å². The molecule has 0 unspecified atom stereocenters. The van der Waals surface area contributed by atoms with Crippen molar-refractivity contribution in [1.29, 1.82) is 0 Å². The van der Waals surface area contributed by atoms with Crippen LogP contribution >= 0.6 is 0 Å². The average molecular weight is 334 g/mol. The smallest absolute Gasteiger partial charge is 0.326 e. The predicted molar refractivity (Wildman–Crippen MR) is 88.2 cm³/mol. The van der Waals surface area contributed by atoms with Crippen molar-refractivity contribution in [3.8, 4) is 0 Å². The lowest BCUT2D eigenvalue weighted by atomic mass is 9.76. The number of carboxylic acid groups (broad SMARTS) is 1. The summed E-state index contributed by atoms with van der Waals surface area (Å²) in [7, 11) is 0. The van der Waals surface area contributed by atoms with Crippen LogP contribution in [0.4, 0.5) is 17.6 Å². The van der Waals surface area contributed by atoms with Gasteiger partial charge in [-0.2, -0.15) is 9.97 Å². The Morgan fingerprint density at radius 1 is 1.29 bits per heavy atom. The molecule has 2 aliphatic rings. The number of carbonyl (C=O) groups is 2. The topological polar surface area (TPSA) is 139 Å². The highest BCUT2D eigenvalue weighted by Gasteiger charge is 2.49. The fourth-order valence-corrected chi connectivity index (χ4v) is 3.81. The molecular weight excluding hydrogens is 312 g/mol. The van der Waals surface area contributed by atoms with E-state index in [1.165, 1.54) is 11.8 Å². The van der Waals surface area contributed by atoms with Crippen molar-refractivity contribution in [2.75, 3.05) is 36.0 Å². The van der Waals surface area contributed by atoms with Gasteiger partial charge in [0.25, 0.3) is 0 Å². The van der Waals surface area contributed by atoms with Crippen LogP contribution in [0.5, 0.6) is 0 Å². The van der Waals surface area contributed by atoms with Gasteiger partial charge in [0.1, 0.15) is 17.7 Å². The highest BCUT2D eigenvalue weighted by Crippen LogP contribution is 2.44. The Kier molecular flexibility index (Phi) is 3.94. The van der Waals surface area contributed by atoms with E-state index in [2.05, 4.69) is 14.9 Å². The SMILES string of the molecule is CC(=O)N1CC2(CCN(c3cc(N)nc(N)n3)CC2)C[C@@H]1C(=O)O. The third kappa shape index (κ3) is 2.93. The number of aliphatic carboxylic acids is 1. The molecule has 2 saturated heterocycles. The molecule has 0 radical (unpaired) electrons. The van der Waals surface area contributed by atoms with Gasteiger partial charge in [-0.15, -0.1) is 0 Å². The molecule has 1 spiro atoms. The van der Waals surface area contributed by atoms with Gasteiger partial charge >= 0.3 is 5.97 Å². The van der Waals surface area contributed by atoms with Crippen LogP contribution in [0.25, 0.3) is 0 Å². The average Bonchev–Trinajstić information content (AvgIpc) is 2.87. The van der Waals surface area contributed by atoms with Crippen LogP contribution in [0.3, 0.4) is 0 Å². The number of hydrogen-bond donors (Lipinski definition) is 3. The largest absolute Gasteiger partial charge is 0.480 e. The van der Waals surface area contributed by atoms with Crippen molar-refractivity contribution >= 4 is 29.5 Å². The zero-order valence-corrected chi connectivity index (χ0v) is 13.6. The maximum atomic E-state index is 11.8. The van der Waals surface area contributed by atoms with E-state index in [0.717, 1.165) is 12.8 Å². The van der Waals surface area contributed by atoms with Crippen LogP contribution in [0.15, 0.2) is 6.07 Å². The Hall–Kier alpha value is -2.58. The van der Waals surface area contributed by atoms with Crippen molar-refractivity contribution in [3.05, 3.63) is 6.07 Å². The van der Waals surface area contributed by atoms with Crippen LogP contribution in [-0.4, -0.2) is 57.5 Å². The first-order valence-electron chi connectivity index (χ1n) is 7.95. The first-order valence-corrected chi connectivity index (χ1v) is 7.95. The zero-order valence-electron chi connectivity index (χ0n) is 13.6. The van der Waals surface area contributed by atoms with Crippen LogP contribution in [0.2, 0.25) is 0 Å². The molecule has 5 N–H and O–H groups in total. The summed E-state index contributed by atoms with van der Waals surface area (Å²) in [6, 6.07) is 0.963. The van der Waals surface area contributed by atoms with Crippen molar-refractivity contribution in [2.24, 2.45) is 5.41 Å². The molecule has 1 aromatic rings. The molecule has 0 bridgehead atoms. The predicted octanol–water partition coefficient (Wildman–Crippen LogP) is -0.0670. The molecule has 3 heterocycles. The summed E-state index contributed by atoms with van der Waals surface area (Å²) in [5.41, 5.74) is 11.2. The number of nitrogens with zero attached hydrogens (tertiary/aromatic N) is 4. The quantitative estimate of drug-likeness (QED) is 0.683. The Labute approximate surface area is 139 Å². The van der Waals surface area contributed by atoms with Crippen LogP contribution in [0.1, 0.15) is 26.2 Å². The highest BCUT2D eigenvalue weighted by molar-refractivity contribution is 5.83. The molecule has 1 atom stereocenters. The number of aromatic nitrogens is 2. The second-order valence-electron chi connectivity index (χ2n) is 6.70. The molecule has 2 aliphatic heterocycles. The van der Waals surface area contributed by atoms with Gasteiger partial charge in [-0.25, -0.2) is 4.79 Å². The summed E-state index contributed by atoms with van der Waals surface area (Å²) >= 11 is 0. The van der Waals surface area contributed by atoms with Gasteiger partial charge in [0.2, 0.25) is 11.9 Å². The van der Waals surface area contributed by atoms with E-state index in [0.29, 0.717) is 37.7 Å². The number of nitrogen functional groups attached to an aromatic ring is 2. The van der Waals surface area contributed by atoms with Crippen LogP contribution in [-0.2, 0) is 9.59 Å². The number of amides is 1. The van der Waals surface area contributed by atoms with Gasteiger partial charge in [0.05, 0.1) is 0 Å². The number of carboxylic acids is 1. The number of carbonyl (C=O) groups excluding carboxylic acids is 1. The van der Waals surface area contributed by atoms with E-state index >= 15 is 0 Å². The molecular formula is C15H22N6O3. The lowest BCUT2D eigenvalue weighted by molar-refractivity contribution is -0.147. The summed E-state index contributed by atoms with van der Waals surface area (Å²) in [6.07, 6.45) is 2.10. The monoisotopic (exact) mass is 334 g/mol. The summed E-state index contributed by atoms with van der Waals surface area (Å²) in [4.78, 5) is 34.8. The lowest BCUT2D eigenvalue weighted by Gasteiger charge is -2.39. The van der Waals surface area contributed by atoms with Gasteiger partial charge in [0, 0.05) is 32.6 Å². The first-order chi connectivity index (χ1) is 11.3. The van der Waals surface area contributed by atoms with Crippen LogP contribution in [0, 0.1) is 5.41 Å². The summed E-state index contributed by atoms with van der Waals surface area (Å²) < 4.78 is 0. The Bertz CT molecular complexity index is 627. The standard InChI is InChI=1S/C15H22N6O3/c1-9(22)21-8-15(7-10(21)13(23)24)2-4-20(5-3-15)12-6-11(16)18-14(17)19-12/h6,10H,2-5,7-8H2,1H3,(H,23,24)(H4,16,17,18,19)/t10-/m1/s1. The molecule has 0 saturated carbocycles. The lowest BCUT2D eigenvalue weighted by Crippen LogP contribution is -2.42. The number of anilines is 3. The number of rotatable bonds is 2. The number of piperidine rings is 1. The summed E-state index contributed by atoms with van der Waals surface area (Å²) in [6.45, 7) is 3.36. The fraction of sp³-hybridized carbons (Fsp3) is 0.600. The van der Waals surface area contributed by atoms with E-state index in [9.17, 15) is 14.7 Å². The molecule has 9 nitrogen and oxygen atoms in total. The van der Waals surface area contributed by atoms with Gasteiger partial charge in [-0.1, -0.05) is 0 Å². The van der Waals surface area contributed by atoms with Gasteiger partial charge in [-0.3, -0.25) is 4.79 Å². The second-order valence-corrected chi connectivity index (χ2v) is 6.70. The Balaban J connectivity index is 1.72.